The molecule has 2 heterocycles. The first-order chi connectivity index (χ1) is 8.66. The van der Waals surface area contributed by atoms with E-state index in [4.69, 9.17) is 4.74 Å². The Morgan fingerprint density at radius 3 is 2.83 bits per heavy atom. The van der Waals surface area contributed by atoms with Crippen LogP contribution in [-0.2, 0) is 16.0 Å². The van der Waals surface area contributed by atoms with Crippen molar-refractivity contribution in [1.29, 1.82) is 0 Å². The predicted molar refractivity (Wildman–Crippen MR) is 72.5 cm³/mol. The van der Waals surface area contributed by atoms with Gasteiger partial charge in [0.1, 0.15) is 5.60 Å². The Labute approximate surface area is 115 Å². The van der Waals surface area contributed by atoms with Crippen LogP contribution < -0.4 is 5.32 Å². The summed E-state index contributed by atoms with van der Waals surface area (Å²) < 4.78 is 6.41. The second kappa shape index (κ2) is 5.91. The highest BCUT2D eigenvalue weighted by Crippen LogP contribution is 2.25. The number of rotatable bonds is 4. The number of pyridine rings is 1. The fourth-order valence-electron chi connectivity index (χ4n) is 2.33. The average Bonchev–Trinajstić information content (AvgIpc) is 2.39. The Hall–Kier alpha value is -0.780. The summed E-state index contributed by atoms with van der Waals surface area (Å²) in [5, 5.41) is 3.25. The van der Waals surface area contributed by atoms with Crippen molar-refractivity contribution < 1.29 is 9.53 Å². The highest BCUT2D eigenvalue weighted by molar-refractivity contribution is 9.10. The maximum absolute atomic E-state index is 12.4. The first-order valence-corrected chi connectivity index (χ1v) is 6.84. The minimum atomic E-state index is -0.617. The smallest absolute Gasteiger partial charge is 0.169 e. The van der Waals surface area contributed by atoms with Gasteiger partial charge in [0.15, 0.2) is 5.78 Å². The Kier molecular flexibility index (Phi) is 4.48. The van der Waals surface area contributed by atoms with Gasteiger partial charge in [-0.3, -0.25) is 9.78 Å². The summed E-state index contributed by atoms with van der Waals surface area (Å²) in [5.41, 5.74) is 0.303. The molecule has 1 saturated heterocycles. The molecule has 0 aromatic carbocycles. The molecule has 1 aromatic heterocycles. The van der Waals surface area contributed by atoms with E-state index in [1.807, 2.05) is 6.07 Å². The van der Waals surface area contributed by atoms with Crippen molar-refractivity contribution in [1.82, 2.24) is 10.3 Å². The summed E-state index contributed by atoms with van der Waals surface area (Å²) in [5.74, 6) is 0.145. The van der Waals surface area contributed by atoms with Gasteiger partial charge in [-0.2, -0.15) is 0 Å². The first-order valence-electron chi connectivity index (χ1n) is 6.05. The van der Waals surface area contributed by atoms with Crippen LogP contribution in [0.4, 0.5) is 0 Å². The second-order valence-corrected chi connectivity index (χ2v) is 5.48. The molecule has 0 unspecified atom stereocenters. The van der Waals surface area contributed by atoms with Gasteiger partial charge in [-0.15, -0.1) is 0 Å². The molecule has 0 radical (unpaired) electrons. The zero-order chi connectivity index (χ0) is 13.0. The lowest BCUT2D eigenvalue weighted by atomic mass is 9.85. The number of hydrogen-bond acceptors (Lipinski definition) is 4. The van der Waals surface area contributed by atoms with Crippen molar-refractivity contribution >= 4 is 21.7 Å². The van der Waals surface area contributed by atoms with E-state index >= 15 is 0 Å². The number of piperidine rings is 1. The number of aromatic nitrogens is 1. The van der Waals surface area contributed by atoms with E-state index in [0.29, 0.717) is 6.42 Å². The molecule has 4 nitrogen and oxygen atoms in total. The SMILES string of the molecule is COC1(C(=O)Cc2cncc(Br)c2)CCNCC1. The number of ketones is 1. The monoisotopic (exact) mass is 312 g/mol. The summed E-state index contributed by atoms with van der Waals surface area (Å²) in [6, 6.07) is 1.93. The van der Waals surface area contributed by atoms with E-state index in [1.54, 1.807) is 19.5 Å². The Morgan fingerprint density at radius 2 is 2.22 bits per heavy atom. The van der Waals surface area contributed by atoms with Gasteiger partial charge in [0.2, 0.25) is 0 Å². The molecule has 1 fully saturated rings. The molecular weight excluding hydrogens is 296 g/mol. The number of methoxy groups -OCH3 is 1. The molecule has 0 atom stereocenters. The maximum atomic E-state index is 12.4. The zero-order valence-corrected chi connectivity index (χ0v) is 12.0. The number of Topliss-reactive ketones (excluding diaryl/α,β-unsaturated/α-hetero) is 1. The third-order valence-corrected chi connectivity index (χ3v) is 3.87. The van der Waals surface area contributed by atoms with Gasteiger partial charge >= 0.3 is 0 Å². The predicted octanol–water partition coefficient (Wildman–Crippen LogP) is 1.72. The molecule has 1 aromatic rings. The van der Waals surface area contributed by atoms with Gasteiger partial charge in [-0.25, -0.2) is 0 Å². The molecule has 0 aliphatic carbocycles. The molecule has 1 aliphatic rings. The molecule has 0 spiro atoms. The highest BCUT2D eigenvalue weighted by atomic mass is 79.9. The van der Waals surface area contributed by atoms with E-state index in [1.165, 1.54) is 0 Å². The number of nitrogens with one attached hydrogen (secondary N) is 1. The Morgan fingerprint density at radius 1 is 1.50 bits per heavy atom. The minimum absolute atomic E-state index is 0.145. The number of carbonyl (C=O) groups is 1. The Bertz CT molecular complexity index is 431. The van der Waals surface area contributed by atoms with Crippen molar-refractivity contribution in [2.24, 2.45) is 0 Å². The second-order valence-electron chi connectivity index (χ2n) is 4.56. The molecule has 2 rings (SSSR count). The fourth-order valence-corrected chi connectivity index (χ4v) is 2.74. The van der Waals surface area contributed by atoms with Gasteiger partial charge < -0.3 is 10.1 Å². The average molecular weight is 313 g/mol. The van der Waals surface area contributed by atoms with E-state index < -0.39 is 5.60 Å². The summed E-state index contributed by atoms with van der Waals surface area (Å²) in [6.07, 6.45) is 5.30. The number of carbonyl (C=O) groups excluding carboxylic acids is 1. The molecule has 0 bridgehead atoms. The molecule has 5 heteroatoms. The van der Waals surface area contributed by atoms with Crippen LogP contribution in [0.3, 0.4) is 0 Å². The van der Waals surface area contributed by atoms with Crippen LogP contribution in [0.2, 0.25) is 0 Å². The number of halogens is 1. The zero-order valence-electron chi connectivity index (χ0n) is 10.4. The Balaban J connectivity index is 2.10. The quantitative estimate of drug-likeness (QED) is 0.920. The number of hydrogen-bond donors (Lipinski definition) is 1. The van der Waals surface area contributed by atoms with Crippen molar-refractivity contribution in [3.05, 3.63) is 28.5 Å². The molecule has 18 heavy (non-hydrogen) atoms. The fraction of sp³-hybridized carbons (Fsp3) is 0.538. The summed E-state index contributed by atoms with van der Waals surface area (Å²) in [6.45, 7) is 1.66. The normalized spacial score (nSPS) is 18.6. The molecule has 1 N–H and O–H groups in total. The molecule has 0 saturated carbocycles. The van der Waals surface area contributed by atoms with Crippen LogP contribution in [0.5, 0.6) is 0 Å². The van der Waals surface area contributed by atoms with Gasteiger partial charge in [0.05, 0.1) is 0 Å². The largest absolute Gasteiger partial charge is 0.370 e. The van der Waals surface area contributed by atoms with Crippen LogP contribution in [-0.4, -0.2) is 36.6 Å². The van der Waals surface area contributed by atoms with Crippen LogP contribution >= 0.6 is 15.9 Å². The van der Waals surface area contributed by atoms with Crippen LogP contribution in [0.25, 0.3) is 0 Å². The van der Waals surface area contributed by atoms with E-state index in [-0.39, 0.29) is 5.78 Å². The first kappa shape index (κ1) is 13.6. The summed E-state index contributed by atoms with van der Waals surface area (Å²) in [4.78, 5) is 16.5. The van der Waals surface area contributed by atoms with Gasteiger partial charge in [0.25, 0.3) is 0 Å². The van der Waals surface area contributed by atoms with Gasteiger partial charge in [-0.1, -0.05) is 0 Å². The van der Waals surface area contributed by atoms with Gasteiger partial charge in [0, 0.05) is 30.4 Å². The van der Waals surface area contributed by atoms with Gasteiger partial charge in [-0.05, 0) is 53.5 Å². The molecule has 98 valence electrons. The van der Waals surface area contributed by atoms with Crippen molar-refractivity contribution in [3.8, 4) is 0 Å². The number of ether oxygens (including phenoxy) is 1. The third kappa shape index (κ3) is 2.96. The van der Waals surface area contributed by atoms with Crippen LogP contribution in [0, 0.1) is 0 Å². The van der Waals surface area contributed by atoms with Crippen LogP contribution in [0.1, 0.15) is 18.4 Å². The third-order valence-electron chi connectivity index (χ3n) is 3.44. The van der Waals surface area contributed by atoms with Crippen molar-refractivity contribution in [2.75, 3.05) is 20.2 Å². The van der Waals surface area contributed by atoms with Crippen molar-refractivity contribution in [3.63, 3.8) is 0 Å². The van der Waals surface area contributed by atoms with E-state index in [9.17, 15) is 4.79 Å². The highest BCUT2D eigenvalue weighted by Gasteiger charge is 2.38. The lowest BCUT2D eigenvalue weighted by Gasteiger charge is -2.34. The van der Waals surface area contributed by atoms with E-state index in [2.05, 4.69) is 26.2 Å². The molecular formula is C13H17BrN2O2. The minimum Gasteiger partial charge on any atom is -0.370 e. The summed E-state index contributed by atoms with van der Waals surface area (Å²) >= 11 is 3.36. The lowest BCUT2D eigenvalue weighted by molar-refractivity contribution is -0.143. The van der Waals surface area contributed by atoms with E-state index in [0.717, 1.165) is 36.0 Å². The molecule has 1 aliphatic heterocycles. The van der Waals surface area contributed by atoms with Crippen molar-refractivity contribution in [2.45, 2.75) is 24.9 Å². The number of nitrogens with zero attached hydrogens (tertiary/aromatic N) is 1. The molecule has 0 amide bonds. The van der Waals surface area contributed by atoms with Crippen LogP contribution in [0.15, 0.2) is 22.9 Å². The lowest BCUT2D eigenvalue weighted by Crippen LogP contribution is -2.49. The standard InChI is InChI=1S/C13H17BrN2O2/c1-18-13(2-4-15-5-3-13)12(17)7-10-6-11(14)9-16-8-10/h6,8-9,15H,2-5,7H2,1H3. The summed E-state index contributed by atoms with van der Waals surface area (Å²) in [7, 11) is 1.63. The topological polar surface area (TPSA) is 51.2 Å². The maximum Gasteiger partial charge on any atom is 0.169 e.